The van der Waals surface area contributed by atoms with E-state index in [0.717, 1.165) is 40.2 Å². The third kappa shape index (κ3) is 3.32. The minimum Gasteiger partial charge on any atom is -0.368 e. The molecule has 1 aliphatic heterocycles. The highest BCUT2D eigenvalue weighted by Gasteiger charge is 2.26. The molecule has 0 atom stereocenters. The zero-order valence-electron chi connectivity index (χ0n) is 15.2. The summed E-state index contributed by atoms with van der Waals surface area (Å²) in [5.74, 6) is -0.242. The first-order valence-corrected chi connectivity index (χ1v) is 9.68. The van der Waals surface area contributed by atoms with Crippen LogP contribution in [-0.2, 0) is 0 Å². The molecule has 140 valence electrons. The van der Waals surface area contributed by atoms with Crippen molar-refractivity contribution < 1.29 is 9.18 Å². The molecule has 5 nitrogen and oxygen atoms in total. The predicted octanol–water partition coefficient (Wildman–Crippen LogP) is 3.82. The number of rotatable bonds is 2. The second-order valence-corrected chi connectivity index (χ2v) is 7.75. The van der Waals surface area contributed by atoms with Crippen molar-refractivity contribution >= 4 is 33.2 Å². The van der Waals surface area contributed by atoms with Crippen LogP contribution in [0.4, 0.5) is 10.1 Å². The van der Waals surface area contributed by atoms with Crippen LogP contribution in [0, 0.1) is 19.7 Å². The molecule has 3 aromatic rings. The van der Waals surface area contributed by atoms with Crippen LogP contribution in [0.3, 0.4) is 0 Å². The normalized spacial score (nSPS) is 14.8. The molecule has 0 N–H and O–H groups in total. The van der Waals surface area contributed by atoms with Crippen LogP contribution in [0.25, 0.3) is 5.65 Å². The number of benzene rings is 1. The lowest BCUT2D eigenvalue weighted by Gasteiger charge is -2.36. The summed E-state index contributed by atoms with van der Waals surface area (Å²) in [5, 5.41) is 0. The van der Waals surface area contributed by atoms with Gasteiger partial charge in [-0.2, -0.15) is 0 Å². The molecule has 0 unspecified atom stereocenters. The highest BCUT2D eigenvalue weighted by Crippen LogP contribution is 2.23. The first-order valence-electron chi connectivity index (χ1n) is 8.88. The van der Waals surface area contributed by atoms with Crippen molar-refractivity contribution in [1.29, 1.82) is 0 Å². The summed E-state index contributed by atoms with van der Waals surface area (Å²) in [6.07, 6.45) is 1.89. The highest BCUT2D eigenvalue weighted by molar-refractivity contribution is 9.10. The lowest BCUT2D eigenvalue weighted by atomic mass is 10.2. The predicted molar refractivity (Wildman–Crippen MR) is 107 cm³/mol. The fraction of sp³-hybridized carbons (Fsp3) is 0.300. The fourth-order valence-electron chi connectivity index (χ4n) is 3.61. The number of fused-ring (bicyclic) bond motifs is 1. The molecule has 2 aromatic heterocycles. The van der Waals surface area contributed by atoms with Gasteiger partial charge in [-0.3, -0.25) is 9.20 Å². The Bertz CT molecular complexity index is 1010. The number of hydrogen-bond acceptors (Lipinski definition) is 3. The van der Waals surface area contributed by atoms with Gasteiger partial charge in [0.1, 0.15) is 17.2 Å². The van der Waals surface area contributed by atoms with Crippen molar-refractivity contribution in [2.45, 2.75) is 13.8 Å². The maximum absolute atomic E-state index is 13.2. The zero-order chi connectivity index (χ0) is 19.1. The molecule has 1 saturated heterocycles. The van der Waals surface area contributed by atoms with Gasteiger partial charge in [-0.15, -0.1) is 0 Å². The van der Waals surface area contributed by atoms with Crippen LogP contribution in [-0.4, -0.2) is 46.4 Å². The number of nitrogens with zero attached hydrogens (tertiary/aromatic N) is 4. The monoisotopic (exact) mass is 430 g/mol. The number of piperazine rings is 1. The quantitative estimate of drug-likeness (QED) is 0.620. The SMILES string of the molecule is Cc1nc2c(C)cc(Br)cn2c1C(=O)N1CCN(c2ccc(F)cc2)CC1. The number of carbonyl (C=O) groups is 1. The van der Waals surface area contributed by atoms with E-state index in [0.29, 0.717) is 18.8 Å². The number of aromatic nitrogens is 2. The molecule has 3 heterocycles. The zero-order valence-corrected chi connectivity index (χ0v) is 16.8. The van der Waals surface area contributed by atoms with Crippen LogP contribution in [0.2, 0.25) is 0 Å². The van der Waals surface area contributed by atoms with Crippen molar-refractivity contribution in [2.24, 2.45) is 0 Å². The van der Waals surface area contributed by atoms with E-state index in [2.05, 4.69) is 25.8 Å². The number of carbonyl (C=O) groups excluding carboxylic acids is 1. The van der Waals surface area contributed by atoms with Gasteiger partial charge < -0.3 is 9.80 Å². The van der Waals surface area contributed by atoms with E-state index in [-0.39, 0.29) is 11.7 Å². The van der Waals surface area contributed by atoms with E-state index in [1.807, 2.05) is 35.4 Å². The van der Waals surface area contributed by atoms with Gasteiger partial charge in [0.2, 0.25) is 0 Å². The number of aryl methyl sites for hydroxylation is 2. The van der Waals surface area contributed by atoms with Gasteiger partial charge in [-0.25, -0.2) is 9.37 Å². The molecular formula is C20H20BrFN4O. The Labute approximate surface area is 165 Å². The van der Waals surface area contributed by atoms with Crippen molar-refractivity contribution in [3.05, 3.63) is 63.8 Å². The minimum absolute atomic E-state index is 0.00347. The largest absolute Gasteiger partial charge is 0.368 e. The van der Waals surface area contributed by atoms with Crippen LogP contribution in [0.1, 0.15) is 21.7 Å². The van der Waals surface area contributed by atoms with Crippen LogP contribution >= 0.6 is 15.9 Å². The molecule has 0 bridgehead atoms. The first-order chi connectivity index (χ1) is 12.9. The maximum atomic E-state index is 13.2. The standard InChI is InChI=1S/C20H20BrFN4O/c1-13-11-15(21)12-26-18(14(2)23-19(13)26)20(27)25-9-7-24(8-10-25)17-5-3-16(22)4-6-17/h3-6,11-12H,7-10H2,1-2H3. The summed E-state index contributed by atoms with van der Waals surface area (Å²) in [7, 11) is 0. The maximum Gasteiger partial charge on any atom is 0.272 e. The molecule has 1 amide bonds. The van der Waals surface area contributed by atoms with E-state index in [4.69, 9.17) is 0 Å². The van der Waals surface area contributed by atoms with Crippen molar-refractivity contribution in [2.75, 3.05) is 31.1 Å². The molecule has 7 heteroatoms. The number of hydrogen-bond donors (Lipinski definition) is 0. The van der Waals surface area contributed by atoms with Gasteiger partial charge in [-0.1, -0.05) is 0 Å². The van der Waals surface area contributed by atoms with E-state index in [9.17, 15) is 9.18 Å². The van der Waals surface area contributed by atoms with Gasteiger partial charge >= 0.3 is 0 Å². The molecule has 0 saturated carbocycles. The van der Waals surface area contributed by atoms with Crippen LogP contribution in [0.5, 0.6) is 0 Å². The summed E-state index contributed by atoms with van der Waals surface area (Å²) in [6.45, 7) is 6.54. The van der Waals surface area contributed by atoms with Crippen LogP contribution in [0.15, 0.2) is 41.0 Å². The molecule has 0 spiro atoms. The van der Waals surface area contributed by atoms with Crippen molar-refractivity contribution in [3.63, 3.8) is 0 Å². The van der Waals surface area contributed by atoms with Gasteiger partial charge in [0.05, 0.1) is 5.69 Å². The average molecular weight is 431 g/mol. The summed E-state index contributed by atoms with van der Waals surface area (Å²) in [5.41, 5.74) is 4.16. The molecule has 1 fully saturated rings. The Balaban J connectivity index is 1.55. The minimum atomic E-state index is -0.239. The number of anilines is 1. The average Bonchev–Trinajstić information content (AvgIpc) is 2.98. The summed E-state index contributed by atoms with van der Waals surface area (Å²) >= 11 is 3.50. The Morgan fingerprint density at radius 3 is 2.44 bits per heavy atom. The molecular weight excluding hydrogens is 411 g/mol. The van der Waals surface area contributed by atoms with E-state index < -0.39 is 0 Å². The van der Waals surface area contributed by atoms with Gasteiger partial charge in [0.15, 0.2) is 0 Å². The Hall–Kier alpha value is -2.41. The summed E-state index contributed by atoms with van der Waals surface area (Å²) in [6, 6.07) is 8.49. The molecule has 0 radical (unpaired) electrons. The fourth-order valence-corrected chi connectivity index (χ4v) is 4.16. The third-order valence-corrected chi connectivity index (χ3v) is 5.44. The molecule has 1 aromatic carbocycles. The number of imidazole rings is 1. The van der Waals surface area contributed by atoms with Gasteiger partial charge in [-0.05, 0) is 65.7 Å². The summed E-state index contributed by atoms with van der Waals surface area (Å²) < 4.78 is 15.9. The Morgan fingerprint density at radius 2 is 1.78 bits per heavy atom. The first kappa shape index (κ1) is 18.0. The second kappa shape index (κ2) is 6.96. The summed E-state index contributed by atoms with van der Waals surface area (Å²) in [4.78, 5) is 21.8. The van der Waals surface area contributed by atoms with E-state index >= 15 is 0 Å². The Morgan fingerprint density at radius 1 is 1.11 bits per heavy atom. The van der Waals surface area contributed by atoms with Gasteiger partial charge in [0, 0.05) is 42.5 Å². The van der Waals surface area contributed by atoms with Crippen molar-refractivity contribution in [3.8, 4) is 0 Å². The molecule has 0 aliphatic carbocycles. The molecule has 27 heavy (non-hydrogen) atoms. The number of amides is 1. The highest BCUT2D eigenvalue weighted by atomic mass is 79.9. The lowest BCUT2D eigenvalue weighted by Crippen LogP contribution is -2.49. The smallest absolute Gasteiger partial charge is 0.272 e. The van der Waals surface area contributed by atoms with Gasteiger partial charge in [0.25, 0.3) is 5.91 Å². The molecule has 4 rings (SSSR count). The van der Waals surface area contributed by atoms with Crippen molar-refractivity contribution in [1.82, 2.24) is 14.3 Å². The number of halogens is 2. The van der Waals surface area contributed by atoms with E-state index in [1.165, 1.54) is 12.1 Å². The van der Waals surface area contributed by atoms with Crippen LogP contribution < -0.4 is 4.90 Å². The Kier molecular flexibility index (Phi) is 4.63. The third-order valence-electron chi connectivity index (χ3n) is 5.01. The van der Waals surface area contributed by atoms with E-state index in [1.54, 1.807) is 12.1 Å². The molecule has 1 aliphatic rings. The second-order valence-electron chi connectivity index (χ2n) is 6.84. The topological polar surface area (TPSA) is 40.9 Å². The number of pyridine rings is 1. The lowest BCUT2D eigenvalue weighted by molar-refractivity contribution is 0.0739.